The minimum atomic E-state index is -0.451. The second-order valence-corrected chi connectivity index (χ2v) is 6.67. The van der Waals surface area contributed by atoms with Gasteiger partial charge in [-0.05, 0) is 37.7 Å². The van der Waals surface area contributed by atoms with E-state index in [4.69, 9.17) is 40.2 Å². The van der Waals surface area contributed by atoms with Crippen LogP contribution in [0.3, 0.4) is 0 Å². The first-order valence-electron chi connectivity index (χ1n) is 6.70. The van der Waals surface area contributed by atoms with Gasteiger partial charge in [0.05, 0.1) is 11.1 Å². The van der Waals surface area contributed by atoms with Crippen molar-refractivity contribution in [1.82, 2.24) is 10.2 Å². The molecule has 0 saturated carbocycles. The Morgan fingerprint density at radius 3 is 2.95 bits per heavy atom. The molecule has 0 aromatic heterocycles. The summed E-state index contributed by atoms with van der Waals surface area (Å²) in [5.74, 6) is 0.714. The van der Waals surface area contributed by atoms with Gasteiger partial charge in [0.2, 0.25) is 0 Å². The standard InChI is InChI=1S/C14H16Cl2N2OS/c1-3-4-18-13(20)17-11-7-14(18,2)19-12-9(11)5-8(15)6-10(12)16/h5-6,11H,3-4,7H2,1-2H3,(H,17,20). The molecule has 2 aliphatic heterocycles. The SMILES string of the molecule is CCCN1C(=S)NC2CC1(C)Oc1c(Cl)cc(Cl)cc12. The van der Waals surface area contributed by atoms with Crippen LogP contribution in [0.5, 0.6) is 5.75 Å². The van der Waals surface area contributed by atoms with Gasteiger partial charge < -0.3 is 15.0 Å². The predicted molar refractivity (Wildman–Crippen MR) is 85.6 cm³/mol. The summed E-state index contributed by atoms with van der Waals surface area (Å²) in [6, 6.07) is 3.72. The third kappa shape index (κ3) is 2.14. The van der Waals surface area contributed by atoms with Gasteiger partial charge in [-0.15, -0.1) is 0 Å². The number of ether oxygens (including phenoxy) is 1. The number of halogens is 2. The van der Waals surface area contributed by atoms with Crippen molar-refractivity contribution in [1.29, 1.82) is 0 Å². The van der Waals surface area contributed by atoms with Gasteiger partial charge in [0.25, 0.3) is 0 Å². The Morgan fingerprint density at radius 2 is 2.25 bits per heavy atom. The summed E-state index contributed by atoms with van der Waals surface area (Å²) in [4.78, 5) is 2.10. The molecule has 3 nitrogen and oxygen atoms in total. The van der Waals surface area contributed by atoms with E-state index in [0.717, 1.165) is 30.1 Å². The number of hydrogen-bond acceptors (Lipinski definition) is 2. The third-order valence-electron chi connectivity index (χ3n) is 3.88. The first-order valence-corrected chi connectivity index (χ1v) is 7.87. The van der Waals surface area contributed by atoms with E-state index in [1.165, 1.54) is 0 Å². The number of nitrogens with zero attached hydrogens (tertiary/aromatic N) is 1. The van der Waals surface area contributed by atoms with Crippen LogP contribution in [-0.4, -0.2) is 22.3 Å². The average molecular weight is 331 g/mol. The molecule has 20 heavy (non-hydrogen) atoms. The zero-order chi connectivity index (χ0) is 14.5. The quantitative estimate of drug-likeness (QED) is 0.824. The van der Waals surface area contributed by atoms with Crippen LogP contribution in [0.4, 0.5) is 0 Å². The highest BCUT2D eigenvalue weighted by Gasteiger charge is 2.47. The number of fused-ring (bicyclic) bond motifs is 4. The van der Waals surface area contributed by atoms with E-state index >= 15 is 0 Å². The molecule has 1 saturated heterocycles. The van der Waals surface area contributed by atoms with Crippen LogP contribution in [0.1, 0.15) is 38.3 Å². The van der Waals surface area contributed by atoms with Gasteiger partial charge in [-0.2, -0.15) is 0 Å². The number of hydrogen-bond donors (Lipinski definition) is 1. The van der Waals surface area contributed by atoms with Crippen molar-refractivity contribution >= 4 is 40.5 Å². The van der Waals surface area contributed by atoms with E-state index in [1.54, 1.807) is 6.07 Å². The van der Waals surface area contributed by atoms with E-state index in [0.29, 0.717) is 15.8 Å². The fraction of sp³-hybridized carbons (Fsp3) is 0.500. The molecule has 0 aliphatic carbocycles. The topological polar surface area (TPSA) is 24.5 Å². The third-order valence-corrected chi connectivity index (χ3v) is 4.72. The second-order valence-electron chi connectivity index (χ2n) is 5.44. The molecule has 2 bridgehead atoms. The Bertz CT molecular complexity index is 581. The lowest BCUT2D eigenvalue weighted by Crippen LogP contribution is -2.64. The molecular formula is C14H16Cl2N2OS. The van der Waals surface area contributed by atoms with Crippen molar-refractivity contribution in [3.63, 3.8) is 0 Å². The van der Waals surface area contributed by atoms with E-state index in [9.17, 15) is 0 Å². The van der Waals surface area contributed by atoms with Crippen molar-refractivity contribution in [2.24, 2.45) is 0 Å². The molecule has 2 heterocycles. The Kier molecular flexibility index (Phi) is 3.51. The monoisotopic (exact) mass is 330 g/mol. The van der Waals surface area contributed by atoms with Crippen LogP contribution in [0, 0.1) is 0 Å². The lowest BCUT2D eigenvalue weighted by Gasteiger charge is -2.52. The highest BCUT2D eigenvalue weighted by Crippen LogP contribution is 2.48. The van der Waals surface area contributed by atoms with Crippen molar-refractivity contribution in [3.8, 4) is 5.75 Å². The number of benzene rings is 1. The summed E-state index contributed by atoms with van der Waals surface area (Å²) >= 11 is 17.9. The van der Waals surface area contributed by atoms with Gasteiger partial charge in [0.15, 0.2) is 10.8 Å². The average Bonchev–Trinajstić information content (AvgIpc) is 2.36. The van der Waals surface area contributed by atoms with Gasteiger partial charge in [-0.3, -0.25) is 0 Å². The van der Waals surface area contributed by atoms with Crippen LogP contribution in [-0.2, 0) is 0 Å². The largest absolute Gasteiger partial charge is 0.466 e. The van der Waals surface area contributed by atoms with Crippen molar-refractivity contribution in [2.45, 2.75) is 38.5 Å². The highest BCUT2D eigenvalue weighted by atomic mass is 35.5. The Morgan fingerprint density at radius 1 is 1.50 bits per heavy atom. The summed E-state index contributed by atoms with van der Waals surface area (Å²) in [5, 5.41) is 5.27. The smallest absolute Gasteiger partial charge is 0.184 e. The molecular weight excluding hydrogens is 315 g/mol. The second kappa shape index (κ2) is 4.93. The lowest BCUT2D eigenvalue weighted by molar-refractivity contribution is -0.0679. The molecule has 0 radical (unpaired) electrons. The van der Waals surface area contributed by atoms with Crippen LogP contribution >= 0.6 is 35.4 Å². The minimum absolute atomic E-state index is 0.0977. The van der Waals surface area contributed by atoms with Crippen LogP contribution in [0.25, 0.3) is 0 Å². The molecule has 6 heteroatoms. The number of nitrogens with one attached hydrogen (secondary N) is 1. The maximum Gasteiger partial charge on any atom is 0.184 e. The molecule has 0 spiro atoms. The van der Waals surface area contributed by atoms with Gasteiger partial charge >= 0.3 is 0 Å². The molecule has 2 atom stereocenters. The fourth-order valence-corrected chi connectivity index (χ4v) is 3.97. The molecule has 1 aromatic rings. The molecule has 2 aliphatic rings. The summed E-state index contributed by atoms with van der Waals surface area (Å²) in [7, 11) is 0. The maximum absolute atomic E-state index is 6.29. The molecule has 1 N–H and O–H groups in total. The summed E-state index contributed by atoms with van der Waals surface area (Å²) in [6.45, 7) is 5.05. The summed E-state index contributed by atoms with van der Waals surface area (Å²) < 4.78 is 6.22. The van der Waals surface area contributed by atoms with Gasteiger partial charge in [-0.25, -0.2) is 0 Å². The van der Waals surface area contributed by atoms with E-state index in [2.05, 4.69) is 24.1 Å². The molecule has 2 unspecified atom stereocenters. The van der Waals surface area contributed by atoms with Gasteiger partial charge in [0.1, 0.15) is 5.75 Å². The maximum atomic E-state index is 6.29. The van der Waals surface area contributed by atoms with Crippen LogP contribution in [0.2, 0.25) is 10.0 Å². The number of thiocarbonyl (C=S) groups is 1. The van der Waals surface area contributed by atoms with Crippen LogP contribution in [0.15, 0.2) is 12.1 Å². The summed E-state index contributed by atoms with van der Waals surface area (Å²) in [6.07, 6.45) is 1.82. The lowest BCUT2D eigenvalue weighted by atomic mass is 9.90. The van der Waals surface area contributed by atoms with Crippen molar-refractivity contribution in [2.75, 3.05) is 6.54 Å². The number of rotatable bonds is 2. The molecule has 1 fully saturated rings. The molecule has 108 valence electrons. The first-order chi connectivity index (χ1) is 9.44. The van der Waals surface area contributed by atoms with Crippen LogP contribution < -0.4 is 10.1 Å². The summed E-state index contributed by atoms with van der Waals surface area (Å²) in [5.41, 5.74) is 0.534. The van der Waals surface area contributed by atoms with Crippen molar-refractivity contribution < 1.29 is 4.74 Å². The molecule has 0 amide bonds. The zero-order valence-electron chi connectivity index (χ0n) is 11.4. The first kappa shape index (κ1) is 14.2. The van der Waals surface area contributed by atoms with Crippen molar-refractivity contribution in [3.05, 3.63) is 27.7 Å². The highest BCUT2D eigenvalue weighted by molar-refractivity contribution is 7.80. The molecule has 3 rings (SSSR count). The van der Waals surface area contributed by atoms with E-state index in [-0.39, 0.29) is 6.04 Å². The Hall–Kier alpha value is -0.710. The molecule has 1 aromatic carbocycles. The van der Waals surface area contributed by atoms with Gasteiger partial charge in [0, 0.05) is 23.6 Å². The normalized spacial score (nSPS) is 27.7. The minimum Gasteiger partial charge on any atom is -0.466 e. The predicted octanol–water partition coefficient (Wildman–Crippen LogP) is 4.13. The Labute approximate surface area is 134 Å². The van der Waals surface area contributed by atoms with Gasteiger partial charge in [-0.1, -0.05) is 30.1 Å². The fourth-order valence-electron chi connectivity index (χ4n) is 2.99. The van der Waals surface area contributed by atoms with E-state index < -0.39 is 5.72 Å². The Balaban J connectivity index is 2.08. The zero-order valence-corrected chi connectivity index (χ0v) is 13.7. The van der Waals surface area contributed by atoms with E-state index in [1.807, 2.05) is 6.07 Å².